The molecule has 2 aromatic rings. The smallest absolute Gasteiger partial charge is 0.254 e. The van der Waals surface area contributed by atoms with Crippen molar-refractivity contribution >= 4 is 11.6 Å². The van der Waals surface area contributed by atoms with Crippen molar-refractivity contribution in [3.8, 4) is 5.69 Å². The van der Waals surface area contributed by atoms with Crippen molar-refractivity contribution < 1.29 is 18.7 Å². The Balaban J connectivity index is 1.39. The maximum atomic E-state index is 14.8. The van der Waals surface area contributed by atoms with Crippen molar-refractivity contribution in [2.24, 2.45) is 5.73 Å². The number of carbonyl (C=O) groups excluding carboxylic acids is 1. The van der Waals surface area contributed by atoms with Gasteiger partial charge in [0.2, 0.25) is 0 Å². The molecule has 0 bridgehead atoms. The summed E-state index contributed by atoms with van der Waals surface area (Å²) in [6, 6.07) is 4.94. The van der Waals surface area contributed by atoms with Crippen molar-refractivity contribution in [3.63, 3.8) is 0 Å². The van der Waals surface area contributed by atoms with Gasteiger partial charge in [0.05, 0.1) is 29.9 Å². The van der Waals surface area contributed by atoms with Gasteiger partial charge >= 0.3 is 0 Å². The fourth-order valence-corrected chi connectivity index (χ4v) is 3.59. The Kier molecular flexibility index (Phi) is 5.24. The maximum Gasteiger partial charge on any atom is 0.254 e. The summed E-state index contributed by atoms with van der Waals surface area (Å²) < 4.78 is 27.4. The van der Waals surface area contributed by atoms with Crippen LogP contribution >= 0.6 is 0 Å². The number of hydrogen-bond acceptors (Lipinski definition) is 7. The quantitative estimate of drug-likeness (QED) is 0.799. The van der Waals surface area contributed by atoms with Crippen LogP contribution in [-0.4, -0.2) is 70.5 Å². The summed E-state index contributed by atoms with van der Waals surface area (Å²) in [6.45, 7) is 6.21. The minimum Gasteiger partial charge on any atom is -0.366 e. The van der Waals surface area contributed by atoms with Crippen molar-refractivity contribution in [1.29, 1.82) is 0 Å². The van der Waals surface area contributed by atoms with E-state index < -0.39 is 11.9 Å². The van der Waals surface area contributed by atoms with E-state index in [4.69, 9.17) is 15.2 Å². The van der Waals surface area contributed by atoms with E-state index in [-0.39, 0.29) is 24.9 Å². The number of halogens is 1. The van der Waals surface area contributed by atoms with E-state index in [2.05, 4.69) is 10.3 Å². The molecule has 2 N–H and O–H groups in total. The van der Waals surface area contributed by atoms with Crippen LogP contribution in [0.1, 0.15) is 19.5 Å². The highest BCUT2D eigenvalue weighted by molar-refractivity contribution is 5.81. The largest absolute Gasteiger partial charge is 0.366 e. The highest BCUT2D eigenvalue weighted by Gasteiger charge is 2.39. The van der Waals surface area contributed by atoms with Gasteiger partial charge < -0.3 is 25.0 Å². The number of aromatic nitrogens is 3. The lowest BCUT2D eigenvalue weighted by molar-refractivity contribution is -0.160. The van der Waals surface area contributed by atoms with Crippen molar-refractivity contribution in [2.75, 3.05) is 37.7 Å². The number of ether oxygens (including phenoxy) is 2. The van der Waals surface area contributed by atoms with Crippen LogP contribution in [0, 0.1) is 5.82 Å². The normalized spacial score (nSPS) is 21.6. The first-order chi connectivity index (χ1) is 13.9. The molecule has 2 aliphatic heterocycles. The molecule has 0 spiro atoms. The number of anilines is 1. The van der Waals surface area contributed by atoms with Gasteiger partial charge in [-0.15, -0.1) is 5.10 Å². The molecule has 9 nitrogen and oxygen atoms in total. The maximum absolute atomic E-state index is 14.8. The molecule has 1 aromatic carbocycles. The fourth-order valence-electron chi connectivity index (χ4n) is 3.59. The van der Waals surface area contributed by atoms with E-state index in [1.165, 1.54) is 10.7 Å². The van der Waals surface area contributed by atoms with Crippen molar-refractivity contribution in [1.82, 2.24) is 19.9 Å². The summed E-state index contributed by atoms with van der Waals surface area (Å²) in [4.78, 5) is 16.3. The molecule has 4 rings (SSSR count). The van der Waals surface area contributed by atoms with Gasteiger partial charge in [-0.3, -0.25) is 4.79 Å². The molecule has 2 aliphatic rings. The first-order valence-electron chi connectivity index (χ1n) is 9.63. The Labute approximate surface area is 168 Å². The summed E-state index contributed by atoms with van der Waals surface area (Å²) in [5.74, 6) is -1.16. The summed E-state index contributed by atoms with van der Waals surface area (Å²) in [5, 5.41) is 7.88. The molecular formula is C19H25FN6O3. The zero-order chi connectivity index (χ0) is 20.6. The minimum absolute atomic E-state index is 0.0760. The molecule has 29 heavy (non-hydrogen) atoms. The molecule has 0 saturated carbocycles. The van der Waals surface area contributed by atoms with E-state index >= 15 is 0 Å². The molecule has 1 aromatic heterocycles. The average molecular weight is 404 g/mol. The summed E-state index contributed by atoms with van der Waals surface area (Å²) in [5.41, 5.74) is 7.25. The number of carbonyl (C=O) groups is 1. The first kappa shape index (κ1) is 19.7. The number of benzene rings is 1. The van der Waals surface area contributed by atoms with Gasteiger partial charge in [-0.2, -0.15) is 0 Å². The van der Waals surface area contributed by atoms with Crippen LogP contribution in [0.5, 0.6) is 0 Å². The molecule has 0 radical (unpaired) electrons. The second-order valence-corrected chi connectivity index (χ2v) is 7.62. The lowest BCUT2D eigenvalue weighted by atomic mass is 10.2. The lowest BCUT2D eigenvalue weighted by Crippen LogP contribution is -2.52. The monoisotopic (exact) mass is 404 g/mol. The molecule has 156 valence electrons. The molecule has 2 saturated heterocycles. The van der Waals surface area contributed by atoms with Gasteiger partial charge in [0.25, 0.3) is 5.91 Å². The van der Waals surface area contributed by atoms with Gasteiger partial charge in [-0.05, 0) is 26.0 Å². The topological polar surface area (TPSA) is 98.7 Å². The van der Waals surface area contributed by atoms with Crippen LogP contribution in [0.25, 0.3) is 5.69 Å². The Morgan fingerprint density at radius 2 is 2.07 bits per heavy atom. The number of piperazine rings is 1. The minimum atomic E-state index is -0.734. The highest BCUT2D eigenvalue weighted by atomic mass is 19.1. The first-order valence-corrected chi connectivity index (χ1v) is 9.63. The summed E-state index contributed by atoms with van der Waals surface area (Å²) in [7, 11) is 0. The Hall–Kier alpha value is -2.56. The van der Waals surface area contributed by atoms with E-state index in [9.17, 15) is 9.18 Å². The second kappa shape index (κ2) is 7.69. The van der Waals surface area contributed by atoms with Gasteiger partial charge in [-0.25, -0.2) is 9.07 Å². The molecular weight excluding hydrogens is 379 g/mol. The van der Waals surface area contributed by atoms with Crippen LogP contribution in [0.15, 0.2) is 24.4 Å². The third kappa shape index (κ3) is 4.09. The second-order valence-electron chi connectivity index (χ2n) is 7.62. The van der Waals surface area contributed by atoms with E-state index in [0.29, 0.717) is 43.2 Å². The van der Waals surface area contributed by atoms with Gasteiger partial charge in [0, 0.05) is 38.8 Å². The Morgan fingerprint density at radius 3 is 2.66 bits per heavy atom. The third-order valence-electron chi connectivity index (χ3n) is 5.16. The Morgan fingerprint density at radius 1 is 1.31 bits per heavy atom. The standard InChI is InChI=1S/C19H25FN6O3/c1-19(2)28-12-17(29-19)18(27)25-7-5-24(6-8-25)16-4-3-14(9-15(16)20)26-11-13(10-21)22-23-26/h3-4,9,11,17H,5-8,10,12,21H2,1-2H3. The predicted molar refractivity (Wildman–Crippen MR) is 103 cm³/mol. The third-order valence-corrected chi connectivity index (χ3v) is 5.16. The van der Waals surface area contributed by atoms with Gasteiger partial charge in [0.1, 0.15) is 5.82 Å². The lowest BCUT2D eigenvalue weighted by Gasteiger charge is -2.37. The van der Waals surface area contributed by atoms with Crippen LogP contribution in [0.2, 0.25) is 0 Å². The van der Waals surface area contributed by atoms with Crippen molar-refractivity contribution in [3.05, 3.63) is 35.9 Å². The molecule has 1 unspecified atom stereocenters. The average Bonchev–Trinajstić information content (AvgIpc) is 3.34. The number of rotatable bonds is 4. The SMILES string of the molecule is CC1(C)OCC(C(=O)N2CCN(c3ccc(-n4cc(CN)nn4)cc3F)CC2)O1. The summed E-state index contributed by atoms with van der Waals surface area (Å²) >= 11 is 0. The highest BCUT2D eigenvalue weighted by Crippen LogP contribution is 2.26. The van der Waals surface area contributed by atoms with Crippen LogP contribution in [0.3, 0.4) is 0 Å². The van der Waals surface area contributed by atoms with Crippen LogP contribution < -0.4 is 10.6 Å². The van der Waals surface area contributed by atoms with E-state index in [1.54, 1.807) is 37.1 Å². The molecule has 1 amide bonds. The van der Waals surface area contributed by atoms with Gasteiger partial charge in [0.15, 0.2) is 11.9 Å². The van der Waals surface area contributed by atoms with Gasteiger partial charge in [-0.1, -0.05) is 5.21 Å². The number of hydrogen-bond donors (Lipinski definition) is 1. The van der Waals surface area contributed by atoms with Crippen LogP contribution in [-0.2, 0) is 20.8 Å². The predicted octanol–water partition coefficient (Wildman–Crippen LogP) is 0.665. The van der Waals surface area contributed by atoms with E-state index in [1.807, 2.05) is 4.90 Å². The number of nitrogens with two attached hydrogens (primary N) is 1. The van der Waals surface area contributed by atoms with E-state index in [0.717, 1.165) is 0 Å². The Bertz CT molecular complexity index is 894. The molecule has 2 fully saturated rings. The number of nitrogens with zero attached hydrogens (tertiary/aromatic N) is 5. The van der Waals surface area contributed by atoms with Crippen molar-refractivity contribution in [2.45, 2.75) is 32.3 Å². The zero-order valence-corrected chi connectivity index (χ0v) is 16.5. The van der Waals surface area contributed by atoms with Crippen LogP contribution in [0.4, 0.5) is 10.1 Å². The molecule has 3 heterocycles. The molecule has 10 heteroatoms. The molecule has 1 atom stereocenters. The molecule has 0 aliphatic carbocycles. The zero-order valence-electron chi connectivity index (χ0n) is 16.5. The summed E-state index contributed by atoms with van der Waals surface area (Å²) in [6.07, 6.45) is 1.10. The number of amides is 1. The fraction of sp³-hybridized carbons (Fsp3) is 0.526.